The minimum atomic E-state index is 0.0425. The topological polar surface area (TPSA) is 0 Å². The van der Waals surface area contributed by atoms with E-state index >= 15 is 0 Å². The van der Waals surface area contributed by atoms with Gasteiger partial charge in [0, 0.05) is 5.41 Å². The lowest BCUT2D eigenvalue weighted by molar-refractivity contribution is 0.336. The van der Waals surface area contributed by atoms with Crippen LogP contribution in [0.1, 0.15) is 66.7 Å². The van der Waals surface area contributed by atoms with Gasteiger partial charge in [-0.25, -0.2) is 0 Å². The molecule has 0 nitrogen and oxygen atoms in total. The number of rotatable bonds is 3. The highest BCUT2D eigenvalue weighted by Gasteiger charge is 2.29. The minimum Gasteiger partial charge on any atom is -0.120 e. The molecule has 90 valence electrons. The molecule has 1 aliphatic rings. The van der Waals surface area contributed by atoms with Crippen molar-refractivity contribution in [2.24, 2.45) is 10.8 Å². The van der Waals surface area contributed by atoms with E-state index in [2.05, 4.69) is 40.5 Å². The Bertz CT molecular complexity index is 320. The summed E-state index contributed by atoms with van der Waals surface area (Å²) in [6.45, 7) is 11.4. The average Bonchev–Trinajstić information content (AvgIpc) is 2.16. The fraction of sp³-hybridized carbons (Fsp3) is 0.750. The third-order valence-electron chi connectivity index (χ3n) is 4.08. The lowest BCUT2D eigenvalue weighted by Crippen LogP contribution is -2.22. The van der Waals surface area contributed by atoms with Crippen molar-refractivity contribution in [1.29, 1.82) is 0 Å². The molecule has 0 N–H and O–H groups in total. The number of hydrogen-bond acceptors (Lipinski definition) is 0. The van der Waals surface area contributed by atoms with E-state index < -0.39 is 0 Å². The van der Waals surface area contributed by atoms with Gasteiger partial charge in [-0.05, 0) is 58.3 Å². The van der Waals surface area contributed by atoms with Gasteiger partial charge in [-0.3, -0.25) is 0 Å². The highest BCUT2D eigenvalue weighted by Crippen LogP contribution is 2.43. The molecule has 0 spiro atoms. The molecule has 1 rings (SSSR count). The van der Waals surface area contributed by atoms with Crippen molar-refractivity contribution in [2.75, 3.05) is 0 Å². The van der Waals surface area contributed by atoms with Gasteiger partial charge in [-0.15, -0.1) is 12.3 Å². The zero-order valence-electron chi connectivity index (χ0n) is 11.6. The van der Waals surface area contributed by atoms with Crippen LogP contribution >= 0.6 is 0 Å². The van der Waals surface area contributed by atoms with Crippen molar-refractivity contribution >= 4 is 0 Å². The van der Waals surface area contributed by atoms with E-state index in [9.17, 15) is 0 Å². The summed E-state index contributed by atoms with van der Waals surface area (Å²) in [5, 5.41) is 0. The predicted octanol–water partition coefficient (Wildman–Crippen LogP) is 4.95. The average molecular weight is 218 g/mol. The molecule has 0 atom stereocenters. The van der Waals surface area contributed by atoms with Crippen molar-refractivity contribution in [3.05, 3.63) is 11.1 Å². The predicted molar refractivity (Wildman–Crippen MR) is 72.2 cm³/mol. The van der Waals surface area contributed by atoms with E-state index in [1.54, 1.807) is 11.1 Å². The van der Waals surface area contributed by atoms with E-state index in [1.807, 2.05) is 0 Å². The first-order valence-corrected chi connectivity index (χ1v) is 6.45. The summed E-state index contributed by atoms with van der Waals surface area (Å²) in [4.78, 5) is 0. The lowest BCUT2D eigenvalue weighted by Gasteiger charge is -2.35. The Labute approximate surface area is 102 Å². The highest BCUT2D eigenvalue weighted by molar-refractivity contribution is 5.23. The van der Waals surface area contributed by atoms with E-state index in [0.29, 0.717) is 5.41 Å². The largest absolute Gasteiger partial charge is 0.120 e. The second kappa shape index (κ2) is 4.66. The minimum absolute atomic E-state index is 0.0425. The van der Waals surface area contributed by atoms with Gasteiger partial charge in [0.2, 0.25) is 0 Å². The van der Waals surface area contributed by atoms with Gasteiger partial charge in [0.1, 0.15) is 0 Å². The maximum atomic E-state index is 5.56. The Morgan fingerprint density at radius 1 is 1.38 bits per heavy atom. The first-order chi connectivity index (χ1) is 7.28. The van der Waals surface area contributed by atoms with Crippen molar-refractivity contribution in [2.45, 2.75) is 66.7 Å². The molecule has 0 unspecified atom stereocenters. The molecule has 1 aliphatic carbocycles. The molecule has 0 bridgehead atoms. The second-order valence-corrected chi connectivity index (χ2v) is 6.52. The molecule has 0 aromatic carbocycles. The van der Waals surface area contributed by atoms with Crippen LogP contribution in [0.3, 0.4) is 0 Å². The molecule has 0 fully saturated rings. The smallest absolute Gasteiger partial charge is 0.0258 e. The molecule has 0 aromatic rings. The van der Waals surface area contributed by atoms with Crippen LogP contribution in [-0.2, 0) is 0 Å². The van der Waals surface area contributed by atoms with Gasteiger partial charge >= 0.3 is 0 Å². The SMILES string of the molecule is C#CC(C)(C)CCC1=C(C)CCCC1(C)C. The Hall–Kier alpha value is -0.700. The van der Waals surface area contributed by atoms with Gasteiger partial charge < -0.3 is 0 Å². The normalized spacial score (nSPS) is 20.8. The Morgan fingerprint density at radius 3 is 2.50 bits per heavy atom. The number of allylic oxidation sites excluding steroid dienone is 2. The molecule has 0 aromatic heterocycles. The third kappa shape index (κ3) is 3.14. The number of hydrogen-bond donors (Lipinski definition) is 0. The van der Waals surface area contributed by atoms with Crippen LogP contribution < -0.4 is 0 Å². The zero-order valence-corrected chi connectivity index (χ0v) is 11.6. The quantitative estimate of drug-likeness (QED) is 0.464. The van der Waals surface area contributed by atoms with Crippen LogP contribution in [0, 0.1) is 23.2 Å². The van der Waals surface area contributed by atoms with Crippen LogP contribution in [-0.4, -0.2) is 0 Å². The standard InChI is InChI=1S/C16H26/c1-7-15(3,4)12-10-14-13(2)9-8-11-16(14,5)6/h1H,8-12H2,2-6H3. The monoisotopic (exact) mass is 218 g/mol. The van der Waals surface area contributed by atoms with Gasteiger partial charge in [0.05, 0.1) is 0 Å². The highest BCUT2D eigenvalue weighted by atomic mass is 14.3. The van der Waals surface area contributed by atoms with Crippen LogP contribution in [0.5, 0.6) is 0 Å². The fourth-order valence-corrected chi connectivity index (χ4v) is 2.74. The second-order valence-electron chi connectivity index (χ2n) is 6.52. The first-order valence-electron chi connectivity index (χ1n) is 6.45. The zero-order chi connectivity index (χ0) is 12.4. The number of terminal acetylenes is 1. The molecular formula is C16H26. The first kappa shape index (κ1) is 13.4. The van der Waals surface area contributed by atoms with Gasteiger partial charge in [-0.2, -0.15) is 0 Å². The molecular weight excluding hydrogens is 192 g/mol. The van der Waals surface area contributed by atoms with E-state index in [4.69, 9.17) is 6.42 Å². The Balaban J connectivity index is 2.76. The molecule has 0 radical (unpaired) electrons. The van der Waals surface area contributed by atoms with Crippen molar-refractivity contribution in [3.63, 3.8) is 0 Å². The molecule has 0 amide bonds. The van der Waals surface area contributed by atoms with E-state index in [0.717, 1.165) is 6.42 Å². The van der Waals surface area contributed by atoms with E-state index in [1.165, 1.54) is 25.7 Å². The van der Waals surface area contributed by atoms with Gasteiger partial charge in [0.15, 0.2) is 0 Å². The summed E-state index contributed by atoms with van der Waals surface area (Å²) in [7, 11) is 0. The maximum Gasteiger partial charge on any atom is 0.0258 e. The van der Waals surface area contributed by atoms with Crippen molar-refractivity contribution in [1.82, 2.24) is 0 Å². The summed E-state index contributed by atoms with van der Waals surface area (Å²) < 4.78 is 0. The van der Waals surface area contributed by atoms with Crippen LogP contribution in [0.25, 0.3) is 0 Å². The molecule has 0 aliphatic heterocycles. The molecule has 16 heavy (non-hydrogen) atoms. The third-order valence-corrected chi connectivity index (χ3v) is 4.08. The van der Waals surface area contributed by atoms with Crippen LogP contribution in [0.2, 0.25) is 0 Å². The fourth-order valence-electron chi connectivity index (χ4n) is 2.74. The summed E-state index contributed by atoms with van der Waals surface area (Å²) in [6, 6.07) is 0. The van der Waals surface area contributed by atoms with Crippen LogP contribution in [0.15, 0.2) is 11.1 Å². The van der Waals surface area contributed by atoms with Crippen LogP contribution in [0.4, 0.5) is 0 Å². The van der Waals surface area contributed by atoms with Crippen molar-refractivity contribution in [3.8, 4) is 12.3 Å². The molecule has 0 saturated carbocycles. The maximum absolute atomic E-state index is 5.56. The van der Waals surface area contributed by atoms with Crippen molar-refractivity contribution < 1.29 is 0 Å². The molecule has 0 saturated heterocycles. The summed E-state index contributed by atoms with van der Waals surface area (Å²) in [5.74, 6) is 2.90. The van der Waals surface area contributed by atoms with Gasteiger partial charge in [0.25, 0.3) is 0 Å². The molecule has 0 heteroatoms. The summed E-state index contributed by atoms with van der Waals surface area (Å²) >= 11 is 0. The van der Waals surface area contributed by atoms with Gasteiger partial charge in [-0.1, -0.05) is 25.0 Å². The lowest BCUT2D eigenvalue weighted by atomic mass is 9.70. The summed E-state index contributed by atoms with van der Waals surface area (Å²) in [5.41, 5.74) is 3.72. The Kier molecular flexibility index (Phi) is 3.89. The molecule has 0 heterocycles. The summed E-state index contributed by atoms with van der Waals surface area (Å²) in [6.07, 6.45) is 11.8. The van der Waals surface area contributed by atoms with E-state index in [-0.39, 0.29) is 5.41 Å². The Morgan fingerprint density at radius 2 is 2.00 bits per heavy atom.